The van der Waals surface area contributed by atoms with E-state index in [4.69, 9.17) is 17.0 Å². The number of para-hydroxylation sites is 1. The van der Waals surface area contributed by atoms with Crippen molar-refractivity contribution in [3.05, 3.63) is 42.1 Å². The molecule has 1 aliphatic rings. The zero-order chi connectivity index (χ0) is 18.6. The van der Waals surface area contributed by atoms with Gasteiger partial charge in [-0.2, -0.15) is 0 Å². The number of thiocarbonyl (C=S) groups is 1. The third-order valence-electron chi connectivity index (χ3n) is 4.23. The van der Waals surface area contributed by atoms with Crippen LogP contribution in [-0.4, -0.2) is 35.1 Å². The zero-order valence-electron chi connectivity index (χ0n) is 15.3. The molecule has 1 aromatic rings. The van der Waals surface area contributed by atoms with Gasteiger partial charge in [0.2, 0.25) is 5.91 Å². The first kappa shape index (κ1) is 19.2. The molecule has 25 heavy (non-hydrogen) atoms. The number of rotatable bonds is 6. The first-order chi connectivity index (χ1) is 11.9. The summed E-state index contributed by atoms with van der Waals surface area (Å²) in [7, 11) is 0. The number of carbonyl (C=O) groups excluding carboxylic acids is 1. The Labute approximate surface area is 155 Å². The third-order valence-corrected chi connectivity index (χ3v) is 4.45. The number of ether oxygens (including phenoxy) is 1. The van der Waals surface area contributed by atoms with E-state index in [2.05, 4.69) is 17.2 Å². The van der Waals surface area contributed by atoms with Crippen molar-refractivity contribution in [2.24, 2.45) is 5.92 Å². The maximum atomic E-state index is 13.1. The predicted molar refractivity (Wildman–Crippen MR) is 104 cm³/mol. The van der Waals surface area contributed by atoms with E-state index in [1.807, 2.05) is 56.9 Å². The summed E-state index contributed by atoms with van der Waals surface area (Å²) in [4.78, 5) is 14.9. The molecule has 1 fully saturated rings. The number of hydrogen-bond acceptors (Lipinski definition) is 3. The molecule has 2 rings (SSSR count). The molecule has 1 amide bonds. The molecule has 1 aliphatic heterocycles. The molecule has 0 radical (unpaired) electrons. The van der Waals surface area contributed by atoms with Gasteiger partial charge in [-0.3, -0.25) is 4.79 Å². The molecule has 6 heteroatoms. The van der Waals surface area contributed by atoms with Crippen molar-refractivity contribution in [2.45, 2.75) is 39.8 Å². The van der Waals surface area contributed by atoms with Crippen LogP contribution in [0.25, 0.3) is 0 Å². The monoisotopic (exact) mass is 361 g/mol. The first-order valence-electron chi connectivity index (χ1n) is 8.69. The molecule has 0 aromatic heterocycles. The Kier molecular flexibility index (Phi) is 6.42. The lowest BCUT2D eigenvalue weighted by Crippen LogP contribution is -2.53. The van der Waals surface area contributed by atoms with E-state index < -0.39 is 5.92 Å². The van der Waals surface area contributed by atoms with E-state index in [0.29, 0.717) is 23.9 Å². The lowest BCUT2D eigenvalue weighted by molar-refractivity contribution is -0.135. The quantitative estimate of drug-likeness (QED) is 0.763. The average molecular weight is 362 g/mol. The van der Waals surface area contributed by atoms with Gasteiger partial charge in [0.1, 0.15) is 11.7 Å². The van der Waals surface area contributed by atoms with Gasteiger partial charge in [0.25, 0.3) is 0 Å². The Balaban J connectivity index is 2.46. The van der Waals surface area contributed by atoms with Crippen LogP contribution in [0.1, 0.15) is 39.3 Å². The van der Waals surface area contributed by atoms with Crippen LogP contribution in [0, 0.1) is 5.92 Å². The van der Waals surface area contributed by atoms with Crippen molar-refractivity contribution in [2.75, 3.05) is 13.1 Å². The highest BCUT2D eigenvalue weighted by atomic mass is 32.1. The molecule has 0 aliphatic carbocycles. The van der Waals surface area contributed by atoms with Crippen LogP contribution in [0.2, 0.25) is 0 Å². The fraction of sp³-hybridized carbons (Fsp3) is 0.474. The first-order valence-corrected chi connectivity index (χ1v) is 9.10. The molecule has 5 nitrogen and oxygen atoms in total. The summed E-state index contributed by atoms with van der Waals surface area (Å²) in [5, 5.41) is 6.72. The second kappa shape index (κ2) is 8.34. The molecule has 2 atom stereocenters. The van der Waals surface area contributed by atoms with Crippen LogP contribution in [-0.2, 0) is 4.79 Å². The molecular weight excluding hydrogens is 334 g/mol. The van der Waals surface area contributed by atoms with Gasteiger partial charge in [0, 0.05) is 24.4 Å². The number of hydrogen-bond donors (Lipinski definition) is 2. The van der Waals surface area contributed by atoms with Gasteiger partial charge in [-0.1, -0.05) is 24.8 Å². The maximum absolute atomic E-state index is 13.1. The smallest absolute Gasteiger partial charge is 0.234 e. The van der Waals surface area contributed by atoms with E-state index in [-0.39, 0.29) is 18.1 Å². The third kappa shape index (κ3) is 4.31. The Morgan fingerprint density at radius 1 is 1.32 bits per heavy atom. The number of nitrogens with one attached hydrogen (secondary N) is 2. The molecule has 1 aromatic carbocycles. The molecule has 1 saturated heterocycles. The van der Waals surface area contributed by atoms with Gasteiger partial charge in [-0.25, -0.2) is 0 Å². The molecule has 136 valence electrons. The normalized spacial score (nSPS) is 20.0. The van der Waals surface area contributed by atoms with Gasteiger partial charge in [0.05, 0.1) is 12.1 Å². The SMILES string of the molecule is C=C1NC(=S)N[C@@H](c2ccccc2OC(C)C)[C@H]1C(=O)N(CC)CC. The maximum Gasteiger partial charge on any atom is 0.234 e. The molecule has 2 N–H and O–H groups in total. The molecule has 0 unspecified atom stereocenters. The van der Waals surface area contributed by atoms with E-state index in [1.165, 1.54) is 0 Å². The summed E-state index contributed by atoms with van der Waals surface area (Å²) in [5.41, 5.74) is 1.52. The molecule has 0 bridgehead atoms. The fourth-order valence-corrected chi connectivity index (χ4v) is 3.32. The van der Waals surface area contributed by atoms with Crippen LogP contribution in [0.4, 0.5) is 0 Å². The minimum absolute atomic E-state index is 0.0295. The fourth-order valence-electron chi connectivity index (χ4n) is 3.07. The minimum atomic E-state index is -0.455. The summed E-state index contributed by atoms with van der Waals surface area (Å²) in [5.74, 6) is 0.329. The van der Waals surface area contributed by atoms with Crippen molar-refractivity contribution >= 4 is 23.2 Å². The topological polar surface area (TPSA) is 53.6 Å². The second-order valence-corrected chi connectivity index (χ2v) is 6.70. The van der Waals surface area contributed by atoms with Crippen molar-refractivity contribution < 1.29 is 9.53 Å². The van der Waals surface area contributed by atoms with Crippen molar-refractivity contribution in [3.8, 4) is 5.75 Å². The van der Waals surface area contributed by atoms with Crippen LogP contribution in [0.5, 0.6) is 5.75 Å². The largest absolute Gasteiger partial charge is 0.491 e. The summed E-state index contributed by atoms with van der Waals surface area (Å²) in [6.07, 6.45) is 0.0370. The van der Waals surface area contributed by atoms with Gasteiger partial charge < -0.3 is 20.3 Å². The number of amides is 1. The summed E-state index contributed by atoms with van der Waals surface area (Å²) >= 11 is 5.30. The Morgan fingerprint density at radius 2 is 1.96 bits per heavy atom. The predicted octanol–water partition coefficient (Wildman–Crippen LogP) is 2.99. The Morgan fingerprint density at radius 3 is 2.56 bits per heavy atom. The standard InChI is InChI=1S/C19H27N3O2S/c1-6-22(7-2)18(23)16-13(5)20-19(25)21-17(16)14-10-8-9-11-15(14)24-12(3)4/h8-12,16-17H,5-7H2,1-4H3,(H2,20,21,25)/t16-,17-/m0/s1. The highest BCUT2D eigenvalue weighted by Gasteiger charge is 2.39. The average Bonchev–Trinajstić information content (AvgIpc) is 2.55. The van der Waals surface area contributed by atoms with Crippen molar-refractivity contribution in [1.29, 1.82) is 0 Å². The number of nitrogens with zero attached hydrogens (tertiary/aromatic N) is 1. The van der Waals surface area contributed by atoms with Crippen LogP contribution in [0.15, 0.2) is 36.5 Å². The van der Waals surface area contributed by atoms with E-state index in [1.54, 1.807) is 0 Å². The van der Waals surface area contributed by atoms with Crippen LogP contribution < -0.4 is 15.4 Å². The summed E-state index contributed by atoms with van der Waals surface area (Å²) in [6, 6.07) is 7.45. The van der Waals surface area contributed by atoms with E-state index >= 15 is 0 Å². The van der Waals surface area contributed by atoms with Crippen molar-refractivity contribution in [3.63, 3.8) is 0 Å². The van der Waals surface area contributed by atoms with Gasteiger partial charge in [-0.15, -0.1) is 0 Å². The summed E-state index contributed by atoms with van der Waals surface area (Å²) < 4.78 is 5.95. The van der Waals surface area contributed by atoms with Crippen molar-refractivity contribution in [1.82, 2.24) is 15.5 Å². The lowest BCUT2D eigenvalue weighted by Gasteiger charge is -2.38. The lowest BCUT2D eigenvalue weighted by atomic mass is 9.87. The summed E-state index contributed by atoms with van der Waals surface area (Å²) in [6.45, 7) is 13.3. The Hall–Kier alpha value is -2.08. The Bertz CT molecular complexity index is 656. The van der Waals surface area contributed by atoms with Gasteiger partial charge in [-0.05, 0) is 46.0 Å². The number of carbonyl (C=O) groups is 1. The van der Waals surface area contributed by atoms with Crippen LogP contribution >= 0.6 is 12.2 Å². The minimum Gasteiger partial charge on any atom is -0.491 e. The molecular formula is C19H27N3O2S. The number of benzene rings is 1. The zero-order valence-corrected chi connectivity index (χ0v) is 16.2. The second-order valence-electron chi connectivity index (χ2n) is 6.29. The van der Waals surface area contributed by atoms with E-state index in [9.17, 15) is 4.79 Å². The highest BCUT2D eigenvalue weighted by molar-refractivity contribution is 7.80. The molecule has 0 saturated carbocycles. The molecule has 0 spiro atoms. The van der Waals surface area contributed by atoms with Crippen LogP contribution in [0.3, 0.4) is 0 Å². The van der Waals surface area contributed by atoms with E-state index in [0.717, 1.165) is 11.3 Å². The van der Waals surface area contributed by atoms with Gasteiger partial charge in [0.15, 0.2) is 5.11 Å². The molecule has 1 heterocycles. The highest BCUT2D eigenvalue weighted by Crippen LogP contribution is 2.36. The van der Waals surface area contributed by atoms with Gasteiger partial charge >= 0.3 is 0 Å².